The quantitative estimate of drug-likeness (QED) is 0.805. The number of aryl methyl sites for hydroxylation is 1. The maximum absolute atomic E-state index is 11.5. The van der Waals surface area contributed by atoms with Gasteiger partial charge in [-0.05, 0) is 68.5 Å². The van der Waals surface area contributed by atoms with Gasteiger partial charge in [-0.3, -0.25) is 0 Å². The molecule has 2 atom stereocenters. The highest BCUT2D eigenvalue weighted by Crippen LogP contribution is 2.55. The summed E-state index contributed by atoms with van der Waals surface area (Å²) in [4.78, 5) is 0. The number of aliphatic hydroxyl groups is 1. The third-order valence-corrected chi connectivity index (χ3v) is 5.95. The van der Waals surface area contributed by atoms with E-state index in [1.165, 1.54) is 17.5 Å². The molecule has 2 aliphatic rings. The van der Waals surface area contributed by atoms with Gasteiger partial charge in [0.2, 0.25) is 0 Å². The van der Waals surface area contributed by atoms with E-state index in [1.807, 2.05) is 0 Å². The summed E-state index contributed by atoms with van der Waals surface area (Å²) < 4.78 is 5.47. The van der Waals surface area contributed by atoms with Crippen LogP contribution in [0.5, 0.6) is 5.75 Å². The molecule has 0 bridgehead atoms. The minimum absolute atomic E-state index is 0. The molecule has 0 amide bonds. The van der Waals surface area contributed by atoms with Crippen molar-refractivity contribution in [3.63, 3.8) is 0 Å². The highest BCUT2D eigenvalue weighted by Gasteiger charge is 2.54. The van der Waals surface area contributed by atoms with Gasteiger partial charge >= 0.3 is 0 Å². The van der Waals surface area contributed by atoms with Crippen molar-refractivity contribution in [1.29, 1.82) is 0 Å². The van der Waals surface area contributed by atoms with Crippen LogP contribution in [0.1, 0.15) is 56.6 Å². The molecule has 0 heterocycles. The Hall–Kier alpha value is -0.770. The van der Waals surface area contributed by atoms with Gasteiger partial charge in [-0.2, -0.15) is 0 Å². The third kappa shape index (κ3) is 3.11. The van der Waals surface area contributed by atoms with Crippen LogP contribution in [0.3, 0.4) is 0 Å². The first-order valence-corrected chi connectivity index (χ1v) is 8.76. The van der Waals surface area contributed by atoms with Crippen molar-refractivity contribution in [3.05, 3.63) is 29.3 Å². The summed E-state index contributed by atoms with van der Waals surface area (Å²) in [6.45, 7) is 4.09. The van der Waals surface area contributed by atoms with E-state index in [9.17, 15) is 5.11 Å². The number of hydrogen-bond acceptors (Lipinski definition) is 3. The molecule has 1 saturated carbocycles. The van der Waals surface area contributed by atoms with E-state index in [0.717, 1.165) is 57.4 Å². The number of methoxy groups -OCH3 is 1. The Morgan fingerprint density at radius 1 is 1.22 bits per heavy atom. The third-order valence-electron chi connectivity index (χ3n) is 5.95. The molecule has 0 aromatic heterocycles. The van der Waals surface area contributed by atoms with Crippen LogP contribution in [0.25, 0.3) is 0 Å². The van der Waals surface area contributed by atoms with Crippen molar-refractivity contribution < 1.29 is 9.84 Å². The lowest BCUT2D eigenvalue weighted by atomic mass is 9.53. The Balaban J connectivity index is 0.00000192. The van der Waals surface area contributed by atoms with Crippen LogP contribution in [0.15, 0.2) is 18.2 Å². The zero-order valence-corrected chi connectivity index (χ0v) is 15.2. The topological polar surface area (TPSA) is 41.5 Å². The van der Waals surface area contributed by atoms with Gasteiger partial charge in [0.05, 0.1) is 12.7 Å². The zero-order valence-electron chi connectivity index (χ0n) is 14.4. The standard InChI is InChI=1S/C19H29NO2.ClH/c1-3-20-13-12-18-9-4-5-10-19(18,21)11-8-15-6-7-16(22-2)14-17(15)18;/h6-7,14,20-21H,3-5,8-13H2,1-2H3;1H/t18-,19+;/m0./s1. The van der Waals surface area contributed by atoms with E-state index in [4.69, 9.17) is 4.74 Å². The summed E-state index contributed by atoms with van der Waals surface area (Å²) in [5.74, 6) is 0.913. The molecule has 3 rings (SSSR count). The monoisotopic (exact) mass is 339 g/mol. The largest absolute Gasteiger partial charge is 0.497 e. The number of rotatable bonds is 5. The predicted octanol–water partition coefficient (Wildman–Crippen LogP) is 3.61. The van der Waals surface area contributed by atoms with Gasteiger partial charge in [0.15, 0.2) is 0 Å². The van der Waals surface area contributed by atoms with E-state index in [-0.39, 0.29) is 17.8 Å². The minimum atomic E-state index is -0.542. The van der Waals surface area contributed by atoms with Crippen molar-refractivity contribution in [2.75, 3.05) is 20.2 Å². The summed E-state index contributed by atoms with van der Waals surface area (Å²) in [6.07, 6.45) is 7.30. The smallest absolute Gasteiger partial charge is 0.119 e. The summed E-state index contributed by atoms with van der Waals surface area (Å²) in [6, 6.07) is 6.46. The van der Waals surface area contributed by atoms with Crippen LogP contribution >= 0.6 is 12.4 Å². The molecule has 0 saturated heterocycles. The molecule has 1 fully saturated rings. The molecule has 1 aromatic carbocycles. The molecular weight excluding hydrogens is 310 g/mol. The first-order chi connectivity index (χ1) is 10.6. The summed E-state index contributed by atoms with van der Waals surface area (Å²) >= 11 is 0. The number of nitrogens with one attached hydrogen (secondary N) is 1. The van der Waals surface area contributed by atoms with Crippen LogP contribution in [0.4, 0.5) is 0 Å². The Labute approximate surface area is 146 Å². The maximum Gasteiger partial charge on any atom is 0.119 e. The lowest BCUT2D eigenvalue weighted by Gasteiger charge is -2.55. The molecule has 4 heteroatoms. The molecule has 130 valence electrons. The highest BCUT2D eigenvalue weighted by molar-refractivity contribution is 5.85. The zero-order chi connectivity index (χ0) is 15.6. The molecule has 23 heavy (non-hydrogen) atoms. The second kappa shape index (κ2) is 7.42. The van der Waals surface area contributed by atoms with E-state index in [0.29, 0.717) is 0 Å². The highest BCUT2D eigenvalue weighted by atomic mass is 35.5. The fourth-order valence-corrected chi connectivity index (χ4v) is 4.72. The summed E-state index contributed by atoms with van der Waals surface area (Å²) in [5.41, 5.74) is 2.11. The molecule has 2 N–H and O–H groups in total. The van der Waals surface area contributed by atoms with Crippen LogP contribution in [0.2, 0.25) is 0 Å². The summed E-state index contributed by atoms with van der Waals surface area (Å²) in [5, 5.41) is 14.9. The van der Waals surface area contributed by atoms with Crippen molar-refractivity contribution in [3.8, 4) is 5.75 Å². The first kappa shape index (κ1) is 18.6. The minimum Gasteiger partial charge on any atom is -0.497 e. The van der Waals surface area contributed by atoms with Crippen molar-refractivity contribution in [2.24, 2.45) is 0 Å². The normalized spacial score (nSPS) is 29.2. The lowest BCUT2D eigenvalue weighted by molar-refractivity contribution is -0.0868. The van der Waals surface area contributed by atoms with Crippen molar-refractivity contribution in [2.45, 2.75) is 62.9 Å². The average Bonchev–Trinajstić information content (AvgIpc) is 2.55. The van der Waals surface area contributed by atoms with Gasteiger partial charge in [-0.25, -0.2) is 0 Å². The Bertz CT molecular complexity index is 536. The molecule has 0 radical (unpaired) electrons. The molecular formula is C19H30ClNO2. The van der Waals surface area contributed by atoms with Crippen LogP contribution in [-0.4, -0.2) is 30.9 Å². The molecule has 0 aliphatic heterocycles. The van der Waals surface area contributed by atoms with Gasteiger partial charge < -0.3 is 15.2 Å². The van der Waals surface area contributed by atoms with Crippen LogP contribution < -0.4 is 10.1 Å². The van der Waals surface area contributed by atoms with Gasteiger partial charge in [0, 0.05) is 5.41 Å². The second-order valence-corrected chi connectivity index (χ2v) is 6.95. The SMILES string of the molecule is CCNCC[C@]12CCCC[C@@]1(O)CCc1ccc(OC)cc12.Cl. The van der Waals surface area contributed by atoms with Crippen LogP contribution in [-0.2, 0) is 11.8 Å². The molecule has 0 unspecified atom stereocenters. The Morgan fingerprint density at radius 3 is 2.74 bits per heavy atom. The van der Waals surface area contributed by atoms with Gasteiger partial charge in [0.25, 0.3) is 0 Å². The number of halogens is 1. The molecule has 0 spiro atoms. The van der Waals surface area contributed by atoms with E-state index in [1.54, 1.807) is 7.11 Å². The van der Waals surface area contributed by atoms with Gasteiger partial charge in [0.1, 0.15) is 5.75 Å². The second-order valence-electron chi connectivity index (χ2n) is 6.95. The maximum atomic E-state index is 11.5. The number of ether oxygens (including phenoxy) is 1. The van der Waals surface area contributed by atoms with Crippen LogP contribution in [0, 0.1) is 0 Å². The molecule has 3 nitrogen and oxygen atoms in total. The van der Waals surface area contributed by atoms with E-state index >= 15 is 0 Å². The van der Waals surface area contributed by atoms with E-state index < -0.39 is 5.60 Å². The van der Waals surface area contributed by atoms with E-state index in [2.05, 4.69) is 30.4 Å². The number of benzene rings is 1. The molecule has 2 aliphatic carbocycles. The Morgan fingerprint density at radius 2 is 2.00 bits per heavy atom. The number of fused-ring (bicyclic) bond motifs is 3. The summed E-state index contributed by atoms with van der Waals surface area (Å²) in [7, 11) is 1.73. The average molecular weight is 340 g/mol. The fourth-order valence-electron chi connectivity index (χ4n) is 4.72. The Kier molecular flexibility index (Phi) is 5.99. The molecule has 1 aromatic rings. The van der Waals surface area contributed by atoms with Gasteiger partial charge in [-0.1, -0.05) is 25.8 Å². The predicted molar refractivity (Wildman–Crippen MR) is 96.8 cm³/mol. The fraction of sp³-hybridized carbons (Fsp3) is 0.684. The lowest BCUT2D eigenvalue weighted by Crippen LogP contribution is -2.57. The van der Waals surface area contributed by atoms with Gasteiger partial charge in [-0.15, -0.1) is 12.4 Å². The number of hydrogen-bond donors (Lipinski definition) is 2. The van der Waals surface area contributed by atoms with Crippen molar-refractivity contribution in [1.82, 2.24) is 5.32 Å². The first-order valence-electron chi connectivity index (χ1n) is 8.76. The van der Waals surface area contributed by atoms with Crippen molar-refractivity contribution >= 4 is 12.4 Å².